The molecule has 0 saturated heterocycles. The lowest BCUT2D eigenvalue weighted by Crippen LogP contribution is -2.38. The van der Waals surface area contributed by atoms with Gasteiger partial charge in [-0.05, 0) is 24.6 Å². The van der Waals surface area contributed by atoms with Crippen LogP contribution in [0, 0.1) is 5.82 Å². The molecule has 112 valence electrons. The second-order valence-electron chi connectivity index (χ2n) is 4.89. The molecule has 0 aliphatic rings. The highest BCUT2D eigenvalue weighted by atomic mass is 32.2. The van der Waals surface area contributed by atoms with E-state index in [2.05, 4.69) is 4.72 Å². The molecule has 2 N–H and O–H groups in total. The summed E-state index contributed by atoms with van der Waals surface area (Å²) in [4.78, 5) is -0.436. The summed E-state index contributed by atoms with van der Waals surface area (Å²) < 4.78 is 39.9. The molecule has 1 atom stereocenters. The minimum absolute atomic E-state index is 0.256. The molecule has 1 unspecified atom stereocenters. The maximum absolute atomic E-state index is 13.5. The molecule has 0 spiro atoms. The molecular weight excluding hydrogens is 293 g/mol. The SMILES string of the molecule is CC(O)(CNS(=O)(=O)c1ccccc1F)c1ccccc1. The van der Waals surface area contributed by atoms with Crippen LogP contribution in [0.25, 0.3) is 0 Å². The van der Waals surface area contributed by atoms with Crippen molar-refractivity contribution in [2.24, 2.45) is 0 Å². The molecule has 0 aliphatic carbocycles. The van der Waals surface area contributed by atoms with E-state index < -0.39 is 26.3 Å². The van der Waals surface area contributed by atoms with E-state index in [4.69, 9.17) is 0 Å². The van der Waals surface area contributed by atoms with Crippen molar-refractivity contribution in [3.8, 4) is 0 Å². The number of benzene rings is 2. The van der Waals surface area contributed by atoms with E-state index in [0.717, 1.165) is 6.07 Å². The minimum atomic E-state index is -4.02. The van der Waals surface area contributed by atoms with Crippen LogP contribution in [0.15, 0.2) is 59.5 Å². The second kappa shape index (κ2) is 5.93. The zero-order valence-electron chi connectivity index (χ0n) is 11.5. The third-order valence-corrected chi connectivity index (χ3v) is 4.56. The summed E-state index contributed by atoms with van der Waals surface area (Å²) in [6.07, 6.45) is 0. The van der Waals surface area contributed by atoms with Gasteiger partial charge in [0.25, 0.3) is 0 Å². The molecule has 4 nitrogen and oxygen atoms in total. The molecule has 0 fully saturated rings. The Hall–Kier alpha value is -1.76. The van der Waals surface area contributed by atoms with E-state index in [-0.39, 0.29) is 6.54 Å². The van der Waals surface area contributed by atoms with Gasteiger partial charge in [-0.3, -0.25) is 0 Å². The van der Waals surface area contributed by atoms with Gasteiger partial charge in [-0.2, -0.15) is 0 Å². The van der Waals surface area contributed by atoms with E-state index in [1.54, 1.807) is 30.3 Å². The number of nitrogens with one attached hydrogen (secondary N) is 1. The zero-order valence-corrected chi connectivity index (χ0v) is 12.3. The van der Waals surface area contributed by atoms with E-state index in [9.17, 15) is 17.9 Å². The molecule has 0 amide bonds. The highest BCUT2D eigenvalue weighted by molar-refractivity contribution is 7.89. The van der Waals surface area contributed by atoms with Crippen LogP contribution in [0.4, 0.5) is 4.39 Å². The first-order valence-electron chi connectivity index (χ1n) is 6.35. The predicted octanol–water partition coefficient (Wildman–Crippen LogP) is 2.01. The third-order valence-electron chi connectivity index (χ3n) is 3.13. The summed E-state index contributed by atoms with van der Waals surface area (Å²) in [6, 6.07) is 13.8. The molecule has 2 aromatic carbocycles. The van der Waals surface area contributed by atoms with Crippen molar-refractivity contribution in [2.45, 2.75) is 17.4 Å². The largest absolute Gasteiger partial charge is 0.384 e. The number of hydrogen-bond acceptors (Lipinski definition) is 3. The van der Waals surface area contributed by atoms with Crippen LogP contribution < -0.4 is 4.72 Å². The zero-order chi connectivity index (χ0) is 15.5. The van der Waals surface area contributed by atoms with E-state index in [1.165, 1.54) is 25.1 Å². The molecule has 0 saturated carbocycles. The van der Waals surface area contributed by atoms with Crippen LogP contribution >= 0.6 is 0 Å². The van der Waals surface area contributed by atoms with Crippen LogP contribution in [0.3, 0.4) is 0 Å². The maximum Gasteiger partial charge on any atom is 0.243 e. The molecule has 0 aromatic heterocycles. The summed E-state index contributed by atoms with van der Waals surface area (Å²) in [5, 5.41) is 10.3. The summed E-state index contributed by atoms with van der Waals surface area (Å²) >= 11 is 0. The number of halogens is 1. The Labute approximate surface area is 123 Å². The van der Waals surface area contributed by atoms with Crippen LogP contribution in [-0.2, 0) is 15.6 Å². The van der Waals surface area contributed by atoms with Gasteiger partial charge in [-0.1, -0.05) is 42.5 Å². The molecule has 2 aromatic rings. The van der Waals surface area contributed by atoms with Crippen molar-refractivity contribution in [1.29, 1.82) is 0 Å². The molecule has 2 rings (SSSR count). The molecule has 0 heterocycles. The molecule has 0 radical (unpaired) electrons. The molecule has 0 aliphatic heterocycles. The number of hydrogen-bond donors (Lipinski definition) is 2. The van der Waals surface area contributed by atoms with Crippen LogP contribution in [-0.4, -0.2) is 20.1 Å². The summed E-state index contributed by atoms with van der Waals surface area (Å²) in [7, 11) is -4.02. The van der Waals surface area contributed by atoms with Crippen molar-refractivity contribution in [3.63, 3.8) is 0 Å². The second-order valence-corrected chi connectivity index (χ2v) is 6.63. The number of sulfonamides is 1. The summed E-state index contributed by atoms with van der Waals surface area (Å²) in [5.41, 5.74) is -0.819. The van der Waals surface area contributed by atoms with E-state index in [0.29, 0.717) is 5.56 Å². The Balaban J connectivity index is 2.18. The quantitative estimate of drug-likeness (QED) is 0.888. The van der Waals surface area contributed by atoms with Crippen LogP contribution in [0.5, 0.6) is 0 Å². The van der Waals surface area contributed by atoms with Gasteiger partial charge in [0.1, 0.15) is 16.3 Å². The van der Waals surface area contributed by atoms with Crippen LogP contribution in [0.2, 0.25) is 0 Å². The topological polar surface area (TPSA) is 66.4 Å². The highest BCUT2D eigenvalue weighted by Gasteiger charge is 2.27. The normalized spacial score (nSPS) is 14.6. The Morgan fingerprint density at radius 1 is 1.10 bits per heavy atom. The lowest BCUT2D eigenvalue weighted by molar-refractivity contribution is 0.0627. The molecule has 6 heteroatoms. The monoisotopic (exact) mass is 309 g/mol. The van der Waals surface area contributed by atoms with E-state index in [1.807, 2.05) is 0 Å². The fraction of sp³-hybridized carbons (Fsp3) is 0.200. The van der Waals surface area contributed by atoms with Gasteiger partial charge in [0.05, 0.1) is 0 Å². The van der Waals surface area contributed by atoms with Gasteiger partial charge in [-0.15, -0.1) is 0 Å². The smallest absolute Gasteiger partial charge is 0.243 e. The fourth-order valence-electron chi connectivity index (χ4n) is 1.88. The van der Waals surface area contributed by atoms with Gasteiger partial charge in [-0.25, -0.2) is 17.5 Å². The third kappa shape index (κ3) is 3.66. The van der Waals surface area contributed by atoms with Gasteiger partial charge in [0.2, 0.25) is 10.0 Å². The summed E-state index contributed by atoms with van der Waals surface area (Å²) in [5.74, 6) is -0.829. The highest BCUT2D eigenvalue weighted by Crippen LogP contribution is 2.20. The lowest BCUT2D eigenvalue weighted by Gasteiger charge is -2.24. The van der Waals surface area contributed by atoms with Crippen molar-refractivity contribution >= 4 is 10.0 Å². The number of aliphatic hydroxyl groups is 1. The van der Waals surface area contributed by atoms with Gasteiger partial charge in [0.15, 0.2) is 0 Å². The molecular formula is C15H16FNO3S. The minimum Gasteiger partial charge on any atom is -0.384 e. The number of rotatable bonds is 5. The van der Waals surface area contributed by atoms with E-state index >= 15 is 0 Å². The van der Waals surface area contributed by atoms with Crippen molar-refractivity contribution < 1.29 is 17.9 Å². The fourth-order valence-corrected chi connectivity index (χ4v) is 3.08. The first kappa shape index (κ1) is 15.6. The Morgan fingerprint density at radius 2 is 1.67 bits per heavy atom. The van der Waals surface area contributed by atoms with Crippen LogP contribution in [0.1, 0.15) is 12.5 Å². The first-order valence-corrected chi connectivity index (χ1v) is 7.83. The molecule has 21 heavy (non-hydrogen) atoms. The van der Waals surface area contributed by atoms with Gasteiger partial charge in [0, 0.05) is 6.54 Å². The van der Waals surface area contributed by atoms with Crippen molar-refractivity contribution in [1.82, 2.24) is 4.72 Å². The molecule has 0 bridgehead atoms. The first-order chi connectivity index (χ1) is 9.83. The van der Waals surface area contributed by atoms with Gasteiger partial charge < -0.3 is 5.11 Å². The van der Waals surface area contributed by atoms with Crippen molar-refractivity contribution in [3.05, 3.63) is 66.0 Å². The maximum atomic E-state index is 13.5. The average molecular weight is 309 g/mol. The Bertz CT molecular complexity index is 715. The standard InChI is InChI=1S/C15H16FNO3S/c1-15(18,12-7-3-2-4-8-12)11-17-21(19,20)14-10-6-5-9-13(14)16/h2-10,17-18H,11H2,1H3. The predicted molar refractivity (Wildman–Crippen MR) is 77.6 cm³/mol. The lowest BCUT2D eigenvalue weighted by atomic mass is 9.97. The Morgan fingerprint density at radius 3 is 2.29 bits per heavy atom. The summed E-state index contributed by atoms with van der Waals surface area (Å²) in [6.45, 7) is 1.24. The van der Waals surface area contributed by atoms with Crippen molar-refractivity contribution in [2.75, 3.05) is 6.54 Å². The Kier molecular flexibility index (Phi) is 4.41. The van der Waals surface area contributed by atoms with Gasteiger partial charge >= 0.3 is 0 Å². The average Bonchev–Trinajstić information content (AvgIpc) is 2.47.